The number of hydrogen-bond acceptors (Lipinski definition) is 3. The highest BCUT2D eigenvalue weighted by atomic mass is 19.1. The second kappa shape index (κ2) is 5.84. The Morgan fingerprint density at radius 2 is 2.09 bits per heavy atom. The quantitative estimate of drug-likeness (QED) is 0.906. The Hall–Kier alpha value is -2.28. The number of fused-ring (bicyclic) bond motifs is 1. The van der Waals surface area contributed by atoms with E-state index in [4.69, 9.17) is 5.11 Å². The van der Waals surface area contributed by atoms with Crippen molar-refractivity contribution in [3.05, 3.63) is 47.3 Å². The molecule has 1 amide bonds. The normalized spacial score (nSPS) is 17.1. The van der Waals surface area contributed by atoms with E-state index in [1.54, 1.807) is 6.20 Å². The predicted molar refractivity (Wildman–Crippen MR) is 74.4 cm³/mol. The summed E-state index contributed by atoms with van der Waals surface area (Å²) in [6.45, 7) is -0.574. The number of halogens is 2. The van der Waals surface area contributed by atoms with Crippen LogP contribution in [0.3, 0.4) is 0 Å². The second-order valence-corrected chi connectivity index (χ2v) is 5.26. The highest BCUT2D eigenvalue weighted by molar-refractivity contribution is 5.77. The summed E-state index contributed by atoms with van der Waals surface area (Å²) in [6.07, 6.45) is 3.85. The van der Waals surface area contributed by atoms with Crippen molar-refractivity contribution in [2.45, 2.75) is 25.3 Å². The van der Waals surface area contributed by atoms with Crippen molar-refractivity contribution in [3.63, 3.8) is 0 Å². The first-order chi connectivity index (χ1) is 10.6. The summed E-state index contributed by atoms with van der Waals surface area (Å²) in [5.74, 6) is -1.79. The molecular weight excluding hydrogens is 292 g/mol. The molecule has 7 heteroatoms. The molecule has 0 unspecified atom stereocenters. The summed E-state index contributed by atoms with van der Waals surface area (Å²) in [7, 11) is 0. The molecule has 1 aromatic carbocycles. The molecule has 1 aliphatic carbocycles. The number of carbonyl (C=O) groups is 1. The predicted octanol–water partition coefficient (Wildman–Crippen LogP) is 1.64. The van der Waals surface area contributed by atoms with Gasteiger partial charge in [0.2, 0.25) is 5.91 Å². The smallest absolute Gasteiger partial charge is 0.246 e. The Morgan fingerprint density at radius 3 is 2.77 bits per heavy atom. The summed E-state index contributed by atoms with van der Waals surface area (Å²) < 4.78 is 28.3. The molecular formula is C15H15F2N3O2. The molecule has 22 heavy (non-hydrogen) atoms. The van der Waals surface area contributed by atoms with E-state index in [1.165, 1.54) is 16.8 Å². The lowest BCUT2D eigenvalue weighted by atomic mass is 9.93. The van der Waals surface area contributed by atoms with Crippen LogP contribution in [0.25, 0.3) is 5.69 Å². The zero-order valence-electron chi connectivity index (χ0n) is 11.7. The van der Waals surface area contributed by atoms with Gasteiger partial charge in [-0.3, -0.25) is 4.79 Å². The number of aromatic nitrogens is 2. The number of amides is 1. The van der Waals surface area contributed by atoms with Crippen molar-refractivity contribution in [2.24, 2.45) is 0 Å². The van der Waals surface area contributed by atoms with Crippen molar-refractivity contribution in [3.8, 4) is 5.69 Å². The fourth-order valence-electron chi connectivity index (χ4n) is 2.83. The molecule has 0 fully saturated rings. The molecule has 0 saturated heterocycles. The molecule has 2 aromatic rings. The third kappa shape index (κ3) is 2.71. The van der Waals surface area contributed by atoms with Gasteiger partial charge in [-0.05, 0) is 31.4 Å². The van der Waals surface area contributed by atoms with E-state index in [2.05, 4.69) is 10.4 Å². The molecule has 1 heterocycles. The lowest BCUT2D eigenvalue weighted by molar-refractivity contribution is -0.124. The van der Waals surface area contributed by atoms with E-state index in [0.29, 0.717) is 12.1 Å². The summed E-state index contributed by atoms with van der Waals surface area (Å²) >= 11 is 0. The lowest BCUT2D eigenvalue weighted by Crippen LogP contribution is -2.32. The van der Waals surface area contributed by atoms with Gasteiger partial charge >= 0.3 is 0 Å². The molecule has 5 nitrogen and oxygen atoms in total. The third-order valence-corrected chi connectivity index (χ3v) is 3.75. The average Bonchev–Trinajstić information content (AvgIpc) is 2.91. The van der Waals surface area contributed by atoms with E-state index in [0.717, 1.165) is 30.2 Å². The number of hydrogen-bond donors (Lipinski definition) is 2. The van der Waals surface area contributed by atoms with Crippen molar-refractivity contribution in [1.82, 2.24) is 15.1 Å². The monoisotopic (exact) mass is 307 g/mol. The van der Waals surface area contributed by atoms with Gasteiger partial charge in [0.1, 0.15) is 18.2 Å². The van der Waals surface area contributed by atoms with Crippen molar-refractivity contribution >= 4 is 5.91 Å². The number of nitrogens with zero attached hydrogens (tertiary/aromatic N) is 2. The average molecular weight is 307 g/mol. The van der Waals surface area contributed by atoms with Crippen LogP contribution in [-0.4, -0.2) is 27.4 Å². The number of aliphatic hydroxyl groups is 1. The van der Waals surface area contributed by atoms with Crippen molar-refractivity contribution in [2.75, 3.05) is 6.61 Å². The topological polar surface area (TPSA) is 67.2 Å². The first kappa shape index (κ1) is 14.6. The Labute approximate surface area is 125 Å². The Kier molecular flexibility index (Phi) is 3.89. The summed E-state index contributed by atoms with van der Waals surface area (Å²) in [5.41, 5.74) is 1.95. The van der Waals surface area contributed by atoms with E-state index in [1.807, 2.05) is 0 Å². The lowest BCUT2D eigenvalue weighted by Gasteiger charge is -2.24. The van der Waals surface area contributed by atoms with Gasteiger partial charge in [-0.2, -0.15) is 5.10 Å². The van der Waals surface area contributed by atoms with Crippen LogP contribution < -0.4 is 5.32 Å². The molecule has 1 aromatic heterocycles. The summed E-state index contributed by atoms with van der Waals surface area (Å²) in [5, 5.41) is 15.8. The molecule has 0 bridgehead atoms. The molecule has 3 rings (SSSR count). The fraction of sp³-hybridized carbons (Fsp3) is 0.333. The maximum Gasteiger partial charge on any atom is 0.246 e. The molecule has 116 valence electrons. The van der Waals surface area contributed by atoms with Gasteiger partial charge < -0.3 is 10.4 Å². The van der Waals surface area contributed by atoms with Gasteiger partial charge in [-0.1, -0.05) is 0 Å². The largest absolute Gasteiger partial charge is 0.387 e. The van der Waals surface area contributed by atoms with Gasteiger partial charge in [-0.15, -0.1) is 0 Å². The fourth-order valence-corrected chi connectivity index (χ4v) is 2.83. The molecule has 0 saturated carbocycles. The SMILES string of the molecule is O=C(CO)N[C@@H]1CCCc2c1cnn2-c1cc(F)cc(F)c1. The number of benzene rings is 1. The highest BCUT2D eigenvalue weighted by Gasteiger charge is 2.26. The van der Waals surface area contributed by atoms with E-state index < -0.39 is 24.1 Å². The van der Waals surface area contributed by atoms with Gasteiger partial charge in [0.25, 0.3) is 0 Å². The van der Waals surface area contributed by atoms with Crippen LogP contribution in [-0.2, 0) is 11.2 Å². The molecule has 0 aliphatic heterocycles. The summed E-state index contributed by atoms with van der Waals surface area (Å²) in [4.78, 5) is 11.4. The van der Waals surface area contributed by atoms with Crippen LogP contribution in [0.4, 0.5) is 8.78 Å². The van der Waals surface area contributed by atoms with Gasteiger partial charge in [-0.25, -0.2) is 13.5 Å². The zero-order chi connectivity index (χ0) is 15.7. The highest BCUT2D eigenvalue weighted by Crippen LogP contribution is 2.31. The van der Waals surface area contributed by atoms with E-state index in [-0.39, 0.29) is 6.04 Å². The minimum Gasteiger partial charge on any atom is -0.387 e. The molecule has 0 radical (unpaired) electrons. The van der Waals surface area contributed by atoms with Crippen LogP contribution in [0.5, 0.6) is 0 Å². The van der Waals surface area contributed by atoms with Crippen LogP contribution in [0.15, 0.2) is 24.4 Å². The third-order valence-electron chi connectivity index (χ3n) is 3.75. The van der Waals surface area contributed by atoms with Crippen LogP contribution in [0.1, 0.15) is 30.1 Å². The molecule has 1 atom stereocenters. The maximum absolute atomic E-state index is 13.4. The zero-order valence-corrected chi connectivity index (χ0v) is 11.7. The summed E-state index contributed by atoms with van der Waals surface area (Å²) in [6, 6.07) is 3.00. The standard InChI is InChI=1S/C15H15F2N3O2/c16-9-4-10(17)6-11(5-9)20-14-3-1-2-13(12(14)7-18-20)19-15(22)8-21/h4-7,13,21H,1-3,8H2,(H,19,22)/t13-/m1/s1. The van der Waals surface area contributed by atoms with Crippen molar-refractivity contribution < 1.29 is 18.7 Å². The van der Waals surface area contributed by atoms with Crippen LogP contribution in [0.2, 0.25) is 0 Å². The van der Waals surface area contributed by atoms with Gasteiger partial charge in [0.15, 0.2) is 0 Å². The molecule has 1 aliphatic rings. The van der Waals surface area contributed by atoms with Crippen molar-refractivity contribution in [1.29, 1.82) is 0 Å². The van der Waals surface area contributed by atoms with Crippen LogP contribution >= 0.6 is 0 Å². The van der Waals surface area contributed by atoms with E-state index >= 15 is 0 Å². The number of aliphatic hydroxyl groups excluding tert-OH is 1. The Morgan fingerprint density at radius 1 is 1.36 bits per heavy atom. The minimum absolute atomic E-state index is 0.240. The van der Waals surface area contributed by atoms with Gasteiger partial charge in [0, 0.05) is 17.3 Å². The van der Waals surface area contributed by atoms with Crippen LogP contribution in [0, 0.1) is 11.6 Å². The Bertz CT molecular complexity index is 695. The minimum atomic E-state index is -0.666. The first-order valence-electron chi connectivity index (χ1n) is 7.02. The Balaban J connectivity index is 1.98. The molecule has 2 N–H and O–H groups in total. The van der Waals surface area contributed by atoms with Gasteiger partial charge in [0.05, 0.1) is 17.9 Å². The number of nitrogens with one attached hydrogen (secondary N) is 1. The van der Waals surface area contributed by atoms with E-state index in [9.17, 15) is 13.6 Å². The number of carbonyl (C=O) groups excluding carboxylic acids is 1. The first-order valence-corrected chi connectivity index (χ1v) is 7.02. The second-order valence-electron chi connectivity index (χ2n) is 5.26. The maximum atomic E-state index is 13.4. The molecule has 0 spiro atoms. The number of rotatable bonds is 3.